The molecule has 2 aromatic rings. The van der Waals surface area contributed by atoms with Crippen molar-refractivity contribution >= 4 is 10.9 Å². The van der Waals surface area contributed by atoms with Crippen LogP contribution in [0.25, 0.3) is 10.9 Å². The molecule has 0 saturated carbocycles. The van der Waals surface area contributed by atoms with Crippen molar-refractivity contribution in [3.8, 4) is 0 Å². The fourth-order valence-corrected chi connectivity index (χ4v) is 1.68. The van der Waals surface area contributed by atoms with Crippen LogP contribution in [0, 0.1) is 0 Å². The van der Waals surface area contributed by atoms with Gasteiger partial charge in [-0.1, -0.05) is 18.2 Å². The van der Waals surface area contributed by atoms with Crippen LogP contribution in [0.1, 0.15) is 19.4 Å². The Labute approximate surface area is 83.9 Å². The maximum Gasteiger partial charge on any atom is 0.0892 e. The molecule has 1 aromatic heterocycles. The van der Waals surface area contributed by atoms with Crippen LogP contribution in [0.5, 0.6) is 0 Å². The maximum atomic E-state index is 5.47. The Hall–Kier alpha value is -1.28. The average molecular weight is 189 g/mol. The van der Waals surface area contributed by atoms with Crippen LogP contribution in [0.15, 0.2) is 30.5 Å². The summed E-state index contributed by atoms with van der Waals surface area (Å²) in [4.78, 5) is 3.25. The van der Waals surface area contributed by atoms with E-state index in [1.807, 2.05) is 18.3 Å². The van der Waals surface area contributed by atoms with Gasteiger partial charge in [-0.3, -0.25) is 0 Å². The molecular formula is C12H15NO. The first kappa shape index (κ1) is 9.28. The van der Waals surface area contributed by atoms with Crippen molar-refractivity contribution < 1.29 is 4.74 Å². The van der Waals surface area contributed by atoms with E-state index in [1.165, 1.54) is 10.9 Å². The Bertz CT molecular complexity index is 442. The average Bonchev–Trinajstić information content (AvgIpc) is 2.61. The normalized spacial score (nSPS) is 12.2. The number of rotatable bonds is 2. The molecule has 0 radical (unpaired) electrons. The molecule has 74 valence electrons. The van der Waals surface area contributed by atoms with Crippen LogP contribution in [0.2, 0.25) is 0 Å². The van der Waals surface area contributed by atoms with Gasteiger partial charge in [0.25, 0.3) is 0 Å². The molecule has 1 N–H and O–H groups in total. The molecule has 2 nitrogen and oxygen atoms in total. The van der Waals surface area contributed by atoms with Crippen LogP contribution in [0.3, 0.4) is 0 Å². The fourth-order valence-electron chi connectivity index (χ4n) is 1.68. The van der Waals surface area contributed by atoms with Gasteiger partial charge in [0.05, 0.1) is 5.60 Å². The van der Waals surface area contributed by atoms with Crippen molar-refractivity contribution in [3.05, 3.63) is 36.0 Å². The summed E-state index contributed by atoms with van der Waals surface area (Å²) in [6.07, 6.45) is 2.02. The molecule has 1 heterocycles. The fraction of sp³-hybridized carbons (Fsp3) is 0.333. The van der Waals surface area contributed by atoms with Gasteiger partial charge in [0.2, 0.25) is 0 Å². The highest BCUT2D eigenvalue weighted by atomic mass is 16.5. The summed E-state index contributed by atoms with van der Waals surface area (Å²) < 4.78 is 5.47. The molecular weight excluding hydrogens is 174 g/mol. The highest BCUT2D eigenvalue weighted by molar-refractivity contribution is 5.83. The first-order valence-corrected chi connectivity index (χ1v) is 4.77. The predicted molar refractivity (Wildman–Crippen MR) is 58.3 cm³/mol. The van der Waals surface area contributed by atoms with E-state index in [0.717, 1.165) is 5.52 Å². The number of H-pyrrole nitrogens is 1. The zero-order chi connectivity index (χ0) is 10.2. The summed E-state index contributed by atoms with van der Waals surface area (Å²) in [5.74, 6) is 0. The lowest BCUT2D eigenvalue weighted by atomic mass is 9.98. The van der Waals surface area contributed by atoms with Gasteiger partial charge in [0, 0.05) is 29.8 Å². The molecule has 0 saturated heterocycles. The zero-order valence-electron chi connectivity index (χ0n) is 8.79. The van der Waals surface area contributed by atoms with Gasteiger partial charge in [-0.2, -0.15) is 0 Å². The molecule has 0 aliphatic heterocycles. The van der Waals surface area contributed by atoms with Crippen molar-refractivity contribution in [3.63, 3.8) is 0 Å². The van der Waals surface area contributed by atoms with E-state index in [4.69, 9.17) is 4.74 Å². The second kappa shape index (κ2) is 3.14. The smallest absolute Gasteiger partial charge is 0.0892 e. The summed E-state index contributed by atoms with van der Waals surface area (Å²) in [5.41, 5.74) is 2.13. The Morgan fingerprint density at radius 1 is 1.21 bits per heavy atom. The van der Waals surface area contributed by atoms with Gasteiger partial charge in [-0.25, -0.2) is 0 Å². The molecule has 0 unspecified atom stereocenters. The molecule has 0 atom stereocenters. The van der Waals surface area contributed by atoms with Gasteiger partial charge < -0.3 is 9.72 Å². The lowest BCUT2D eigenvalue weighted by molar-refractivity contribution is 0.0205. The van der Waals surface area contributed by atoms with Crippen LogP contribution < -0.4 is 0 Å². The van der Waals surface area contributed by atoms with E-state index in [9.17, 15) is 0 Å². The maximum absolute atomic E-state index is 5.47. The number of nitrogens with one attached hydrogen (secondary N) is 1. The Morgan fingerprint density at radius 2 is 1.93 bits per heavy atom. The third-order valence-corrected chi connectivity index (χ3v) is 2.75. The third-order valence-electron chi connectivity index (χ3n) is 2.75. The molecule has 0 aliphatic carbocycles. The molecule has 0 aliphatic rings. The van der Waals surface area contributed by atoms with Crippen LogP contribution in [0.4, 0.5) is 0 Å². The summed E-state index contributed by atoms with van der Waals surface area (Å²) in [7, 11) is 1.74. The van der Waals surface area contributed by atoms with Gasteiger partial charge in [0.1, 0.15) is 0 Å². The number of ether oxygens (including phenoxy) is 1. The highest BCUT2D eigenvalue weighted by Crippen LogP contribution is 2.30. The molecule has 14 heavy (non-hydrogen) atoms. The number of methoxy groups -OCH3 is 1. The second-order valence-corrected chi connectivity index (χ2v) is 3.96. The minimum atomic E-state index is -0.237. The molecule has 2 heteroatoms. The van der Waals surface area contributed by atoms with Crippen LogP contribution in [-0.4, -0.2) is 12.1 Å². The lowest BCUT2D eigenvalue weighted by Gasteiger charge is -2.22. The van der Waals surface area contributed by atoms with E-state index in [0.29, 0.717) is 0 Å². The van der Waals surface area contributed by atoms with Crippen LogP contribution in [-0.2, 0) is 10.3 Å². The molecule has 0 bridgehead atoms. The SMILES string of the molecule is COC(C)(C)c1c[nH]c2ccccc12. The van der Waals surface area contributed by atoms with Crippen LogP contribution >= 0.6 is 0 Å². The zero-order valence-corrected chi connectivity index (χ0v) is 8.79. The first-order chi connectivity index (χ1) is 6.65. The Kier molecular flexibility index (Phi) is 2.08. The molecule has 0 spiro atoms. The van der Waals surface area contributed by atoms with Crippen molar-refractivity contribution in [2.45, 2.75) is 19.4 Å². The van der Waals surface area contributed by atoms with E-state index >= 15 is 0 Å². The Morgan fingerprint density at radius 3 is 2.64 bits per heavy atom. The second-order valence-electron chi connectivity index (χ2n) is 3.96. The number of aromatic amines is 1. The molecule has 0 fully saturated rings. The van der Waals surface area contributed by atoms with Crippen molar-refractivity contribution in [2.24, 2.45) is 0 Å². The van der Waals surface area contributed by atoms with E-state index in [2.05, 4.69) is 31.0 Å². The number of hydrogen-bond acceptors (Lipinski definition) is 1. The molecule has 1 aromatic carbocycles. The van der Waals surface area contributed by atoms with Crippen molar-refractivity contribution in [1.29, 1.82) is 0 Å². The summed E-state index contributed by atoms with van der Waals surface area (Å²) >= 11 is 0. The molecule has 0 amide bonds. The Balaban J connectivity index is 2.64. The topological polar surface area (TPSA) is 25.0 Å². The minimum absolute atomic E-state index is 0.237. The summed E-state index contributed by atoms with van der Waals surface area (Å²) in [6, 6.07) is 8.26. The summed E-state index contributed by atoms with van der Waals surface area (Å²) in [6.45, 7) is 4.14. The lowest BCUT2D eigenvalue weighted by Crippen LogP contribution is -2.18. The highest BCUT2D eigenvalue weighted by Gasteiger charge is 2.22. The number of para-hydroxylation sites is 1. The number of hydrogen-bond donors (Lipinski definition) is 1. The molecule has 2 rings (SSSR count). The largest absolute Gasteiger partial charge is 0.374 e. The van der Waals surface area contributed by atoms with E-state index < -0.39 is 0 Å². The number of aromatic nitrogens is 1. The van der Waals surface area contributed by atoms with Crippen molar-refractivity contribution in [1.82, 2.24) is 4.98 Å². The predicted octanol–water partition coefficient (Wildman–Crippen LogP) is 3.05. The minimum Gasteiger partial charge on any atom is -0.374 e. The first-order valence-electron chi connectivity index (χ1n) is 4.77. The number of fused-ring (bicyclic) bond motifs is 1. The quantitative estimate of drug-likeness (QED) is 0.771. The van der Waals surface area contributed by atoms with Gasteiger partial charge in [0.15, 0.2) is 0 Å². The van der Waals surface area contributed by atoms with Gasteiger partial charge in [-0.05, 0) is 19.9 Å². The van der Waals surface area contributed by atoms with E-state index in [1.54, 1.807) is 7.11 Å². The van der Waals surface area contributed by atoms with Gasteiger partial charge in [-0.15, -0.1) is 0 Å². The standard InChI is InChI=1S/C12H15NO/c1-12(2,14-3)10-8-13-11-7-5-4-6-9(10)11/h4-8,13H,1-3H3. The van der Waals surface area contributed by atoms with E-state index in [-0.39, 0.29) is 5.60 Å². The monoisotopic (exact) mass is 189 g/mol. The number of benzene rings is 1. The van der Waals surface area contributed by atoms with Gasteiger partial charge >= 0.3 is 0 Å². The summed E-state index contributed by atoms with van der Waals surface area (Å²) in [5, 5.41) is 1.24. The van der Waals surface area contributed by atoms with Crippen molar-refractivity contribution in [2.75, 3.05) is 7.11 Å². The third kappa shape index (κ3) is 1.32.